The zero-order valence-electron chi connectivity index (χ0n) is 8.23. The van der Waals surface area contributed by atoms with Crippen LogP contribution in [0.4, 0.5) is 9.59 Å². The highest BCUT2D eigenvalue weighted by molar-refractivity contribution is 6.14. The first-order chi connectivity index (χ1) is 6.97. The van der Waals surface area contributed by atoms with Gasteiger partial charge in [-0.15, -0.1) is 0 Å². The molecule has 82 valence electrons. The number of nitrogens with zero attached hydrogens (tertiary/aromatic N) is 2. The molecule has 8 heteroatoms. The van der Waals surface area contributed by atoms with E-state index in [1.165, 1.54) is 14.1 Å². The molecule has 0 unspecified atom stereocenters. The highest BCUT2D eigenvalue weighted by atomic mass is 16.2. The van der Waals surface area contributed by atoms with Gasteiger partial charge in [-0.3, -0.25) is 14.9 Å². The number of hydrogen-bond acceptors (Lipinski definition) is 4. The number of amides is 6. The Labute approximate surface area is 85.2 Å². The van der Waals surface area contributed by atoms with E-state index >= 15 is 0 Å². The Morgan fingerprint density at radius 2 is 2.07 bits per heavy atom. The molecule has 2 N–H and O–H groups in total. The Hall–Kier alpha value is -2.12. The zero-order chi connectivity index (χ0) is 11.6. The van der Waals surface area contributed by atoms with Crippen LogP contribution in [-0.4, -0.2) is 48.0 Å². The lowest BCUT2D eigenvalue weighted by molar-refractivity contribution is -0.143. The number of urea groups is 2. The van der Waals surface area contributed by atoms with Crippen molar-refractivity contribution in [3.8, 4) is 0 Å². The number of hydrogen-bond donors (Lipinski definition) is 2. The van der Waals surface area contributed by atoms with E-state index in [0.717, 1.165) is 5.01 Å². The predicted octanol–water partition coefficient (Wildman–Crippen LogP) is -1.36. The van der Waals surface area contributed by atoms with Gasteiger partial charge in [0.1, 0.15) is 6.42 Å². The van der Waals surface area contributed by atoms with Gasteiger partial charge in [-0.2, -0.15) is 5.01 Å². The molecule has 1 rings (SSSR count). The Morgan fingerprint density at radius 1 is 1.47 bits per heavy atom. The Morgan fingerprint density at radius 3 is 2.53 bits per heavy atom. The van der Waals surface area contributed by atoms with Gasteiger partial charge < -0.3 is 5.32 Å². The summed E-state index contributed by atoms with van der Waals surface area (Å²) < 4.78 is 0. The standard InChI is InChI=1S/C7H10N4O4/c1-8-6(14)10(2)11-5(13)3-4(12)9-7(11)15/h3H2,1-2H3,(H,8,14)(H,9,12,15). The van der Waals surface area contributed by atoms with Crippen molar-refractivity contribution < 1.29 is 19.2 Å². The minimum absolute atomic E-state index is 0.451. The highest BCUT2D eigenvalue weighted by Gasteiger charge is 2.35. The number of imide groups is 2. The average Bonchev–Trinajstić information content (AvgIpc) is 2.14. The average molecular weight is 214 g/mol. The van der Waals surface area contributed by atoms with Gasteiger partial charge in [0.25, 0.3) is 5.91 Å². The van der Waals surface area contributed by atoms with E-state index in [2.05, 4.69) is 5.32 Å². The molecule has 1 aliphatic heterocycles. The number of rotatable bonds is 1. The van der Waals surface area contributed by atoms with Crippen molar-refractivity contribution in [1.82, 2.24) is 20.7 Å². The van der Waals surface area contributed by atoms with Crippen LogP contribution in [-0.2, 0) is 9.59 Å². The quantitative estimate of drug-likeness (QED) is 0.526. The molecule has 1 aliphatic rings. The van der Waals surface area contributed by atoms with E-state index in [0.29, 0.717) is 5.01 Å². The molecule has 6 amide bonds. The first-order valence-corrected chi connectivity index (χ1v) is 4.09. The van der Waals surface area contributed by atoms with Crippen LogP contribution in [0, 0.1) is 0 Å². The number of barbiturate groups is 1. The second kappa shape index (κ2) is 3.95. The van der Waals surface area contributed by atoms with Crippen LogP contribution in [0.25, 0.3) is 0 Å². The van der Waals surface area contributed by atoms with E-state index in [1.807, 2.05) is 5.32 Å². The van der Waals surface area contributed by atoms with Crippen molar-refractivity contribution in [3.63, 3.8) is 0 Å². The Bertz CT molecular complexity index is 320. The molecule has 0 bridgehead atoms. The van der Waals surface area contributed by atoms with Crippen molar-refractivity contribution in [3.05, 3.63) is 0 Å². The van der Waals surface area contributed by atoms with Crippen LogP contribution in [0.3, 0.4) is 0 Å². The molecule has 1 fully saturated rings. The maximum Gasteiger partial charge on any atom is 0.350 e. The summed E-state index contributed by atoms with van der Waals surface area (Å²) in [5, 5.41) is 5.53. The van der Waals surface area contributed by atoms with Crippen molar-refractivity contribution in [2.75, 3.05) is 14.1 Å². The van der Waals surface area contributed by atoms with Gasteiger partial charge in [-0.05, 0) is 0 Å². The smallest absolute Gasteiger partial charge is 0.340 e. The molecule has 0 atom stereocenters. The molecule has 0 saturated carbocycles. The number of hydrazine groups is 1. The largest absolute Gasteiger partial charge is 0.350 e. The molecule has 0 aromatic heterocycles. The fourth-order valence-corrected chi connectivity index (χ4v) is 1.10. The van der Waals surface area contributed by atoms with Gasteiger partial charge in [-0.25, -0.2) is 14.6 Å². The van der Waals surface area contributed by atoms with Crippen molar-refractivity contribution in [1.29, 1.82) is 0 Å². The van der Waals surface area contributed by atoms with E-state index in [9.17, 15) is 19.2 Å². The summed E-state index contributed by atoms with van der Waals surface area (Å²) >= 11 is 0. The van der Waals surface area contributed by atoms with Crippen LogP contribution in [0.2, 0.25) is 0 Å². The summed E-state index contributed by atoms with van der Waals surface area (Å²) in [5.74, 6) is -1.42. The normalized spacial score (nSPS) is 16.1. The number of nitrogens with one attached hydrogen (secondary N) is 2. The Balaban J connectivity index is 2.84. The van der Waals surface area contributed by atoms with Crippen LogP contribution >= 0.6 is 0 Å². The molecular formula is C7H10N4O4. The van der Waals surface area contributed by atoms with Crippen LogP contribution < -0.4 is 10.6 Å². The molecule has 15 heavy (non-hydrogen) atoms. The Kier molecular flexibility index (Phi) is 2.88. The highest BCUT2D eigenvalue weighted by Crippen LogP contribution is 2.05. The molecule has 0 aromatic carbocycles. The van der Waals surface area contributed by atoms with Gasteiger partial charge in [-0.1, -0.05) is 0 Å². The molecule has 1 saturated heterocycles. The van der Waals surface area contributed by atoms with E-state index in [4.69, 9.17) is 0 Å². The maximum absolute atomic E-state index is 11.3. The molecular weight excluding hydrogens is 204 g/mol. The summed E-state index contributed by atoms with van der Waals surface area (Å²) in [6.45, 7) is 0. The lowest BCUT2D eigenvalue weighted by atomic mass is 10.3. The lowest BCUT2D eigenvalue weighted by Crippen LogP contribution is -2.61. The topological polar surface area (TPSA) is 98.8 Å². The summed E-state index contributed by atoms with van der Waals surface area (Å²) in [7, 11) is 2.60. The van der Waals surface area contributed by atoms with Gasteiger partial charge in [0, 0.05) is 14.1 Å². The zero-order valence-corrected chi connectivity index (χ0v) is 8.23. The van der Waals surface area contributed by atoms with Gasteiger partial charge in [0.05, 0.1) is 0 Å². The molecule has 0 spiro atoms. The summed E-state index contributed by atoms with van der Waals surface area (Å²) in [6, 6.07) is -1.56. The minimum atomic E-state index is -0.928. The van der Waals surface area contributed by atoms with Crippen molar-refractivity contribution in [2.45, 2.75) is 6.42 Å². The van der Waals surface area contributed by atoms with Crippen LogP contribution in [0.1, 0.15) is 6.42 Å². The van der Waals surface area contributed by atoms with Gasteiger partial charge in [0.15, 0.2) is 0 Å². The number of carbonyl (C=O) groups is 4. The van der Waals surface area contributed by atoms with Crippen LogP contribution in [0.15, 0.2) is 0 Å². The molecule has 0 aromatic rings. The van der Waals surface area contributed by atoms with Crippen molar-refractivity contribution >= 4 is 23.9 Å². The lowest BCUT2D eigenvalue weighted by Gasteiger charge is -2.31. The summed E-state index contributed by atoms with van der Waals surface area (Å²) in [5.41, 5.74) is 0. The molecule has 0 aliphatic carbocycles. The molecule has 8 nitrogen and oxygen atoms in total. The van der Waals surface area contributed by atoms with Gasteiger partial charge >= 0.3 is 12.1 Å². The molecule has 1 heterocycles. The maximum atomic E-state index is 11.3. The number of carbonyl (C=O) groups excluding carboxylic acids is 4. The van der Waals surface area contributed by atoms with E-state index < -0.39 is 30.3 Å². The SMILES string of the molecule is CNC(=O)N(C)N1C(=O)CC(=O)NC1=O. The fourth-order valence-electron chi connectivity index (χ4n) is 1.10. The third-order valence-electron chi connectivity index (χ3n) is 1.79. The summed E-state index contributed by atoms with van der Waals surface area (Å²) in [4.78, 5) is 44.5. The molecule has 0 radical (unpaired) electrons. The first kappa shape index (κ1) is 11.0. The first-order valence-electron chi connectivity index (χ1n) is 4.09. The van der Waals surface area contributed by atoms with E-state index in [1.54, 1.807) is 0 Å². The fraction of sp³-hybridized carbons (Fsp3) is 0.429. The monoisotopic (exact) mass is 214 g/mol. The van der Waals surface area contributed by atoms with Crippen molar-refractivity contribution in [2.24, 2.45) is 0 Å². The summed E-state index contributed by atoms with van der Waals surface area (Å²) in [6.07, 6.45) is -0.451. The minimum Gasteiger partial charge on any atom is -0.340 e. The van der Waals surface area contributed by atoms with E-state index in [-0.39, 0.29) is 0 Å². The third-order valence-corrected chi connectivity index (χ3v) is 1.79. The third kappa shape index (κ3) is 2.03. The van der Waals surface area contributed by atoms with Crippen LogP contribution in [0.5, 0.6) is 0 Å². The predicted molar refractivity (Wildman–Crippen MR) is 47.2 cm³/mol. The second-order valence-corrected chi connectivity index (χ2v) is 2.81. The second-order valence-electron chi connectivity index (χ2n) is 2.81. The van der Waals surface area contributed by atoms with Gasteiger partial charge in [0.2, 0.25) is 5.91 Å².